The molecule has 8 nitrogen and oxygen atoms in total. The van der Waals surface area contributed by atoms with E-state index in [1.54, 1.807) is 36.4 Å². The lowest BCUT2D eigenvalue weighted by molar-refractivity contribution is -0.120. The molecule has 9 heteroatoms. The smallest absolute Gasteiger partial charge is 0.292 e. The molecule has 1 atom stereocenters. The molecule has 0 spiro atoms. The molecule has 0 bridgehead atoms. The van der Waals surface area contributed by atoms with Crippen LogP contribution in [-0.4, -0.2) is 38.6 Å². The molecule has 0 saturated carbocycles. The number of hydrogen-bond acceptors (Lipinski definition) is 5. The van der Waals surface area contributed by atoms with Crippen LogP contribution < -0.4 is 15.8 Å². The maximum atomic E-state index is 12.7. The number of carbonyl (C=O) groups excluding carboxylic acids is 3. The Labute approximate surface area is 173 Å². The summed E-state index contributed by atoms with van der Waals surface area (Å²) in [6, 6.07) is 18.1. The minimum absolute atomic E-state index is 0.0564. The van der Waals surface area contributed by atoms with Gasteiger partial charge in [0.2, 0.25) is 21.7 Å². The van der Waals surface area contributed by atoms with Crippen molar-refractivity contribution in [2.75, 3.05) is 6.54 Å². The molecule has 154 valence electrons. The summed E-state index contributed by atoms with van der Waals surface area (Å²) < 4.78 is 27.6. The van der Waals surface area contributed by atoms with Crippen molar-refractivity contribution >= 4 is 38.4 Å². The topological polar surface area (TPSA) is 135 Å². The van der Waals surface area contributed by atoms with Crippen LogP contribution in [-0.2, 0) is 19.6 Å². The third kappa shape index (κ3) is 4.88. The number of nitrogens with two attached hydrogens (primary N) is 1. The zero-order valence-electron chi connectivity index (χ0n) is 15.7. The Hall–Kier alpha value is -3.56. The molecule has 0 fully saturated rings. The molecule has 1 unspecified atom stereocenters. The van der Waals surface area contributed by atoms with Gasteiger partial charge in [0, 0.05) is 12.1 Å². The molecule has 30 heavy (non-hydrogen) atoms. The largest absolute Gasteiger partial charge is 0.368 e. The summed E-state index contributed by atoms with van der Waals surface area (Å²) in [7, 11) is -4.10. The van der Waals surface area contributed by atoms with Crippen molar-refractivity contribution in [2.24, 2.45) is 5.73 Å². The minimum Gasteiger partial charge on any atom is -0.368 e. The van der Waals surface area contributed by atoms with Crippen LogP contribution in [0, 0.1) is 0 Å². The van der Waals surface area contributed by atoms with E-state index < -0.39 is 40.2 Å². The van der Waals surface area contributed by atoms with Crippen molar-refractivity contribution < 1.29 is 22.8 Å². The second-order valence-corrected chi connectivity index (χ2v) is 8.20. The van der Waals surface area contributed by atoms with E-state index in [1.807, 2.05) is 12.1 Å². The quantitative estimate of drug-likeness (QED) is 0.365. The van der Waals surface area contributed by atoms with Crippen molar-refractivity contribution in [2.45, 2.75) is 10.9 Å². The Morgan fingerprint density at radius 1 is 0.867 bits per heavy atom. The van der Waals surface area contributed by atoms with Crippen LogP contribution in [0.3, 0.4) is 0 Å². The van der Waals surface area contributed by atoms with Gasteiger partial charge in [-0.1, -0.05) is 60.7 Å². The number of benzene rings is 3. The van der Waals surface area contributed by atoms with Gasteiger partial charge in [-0.3, -0.25) is 14.4 Å². The third-order valence-electron chi connectivity index (χ3n) is 4.38. The number of hydrogen-bond donors (Lipinski definition) is 3. The molecule has 0 aromatic heterocycles. The minimum atomic E-state index is -4.10. The zero-order valence-corrected chi connectivity index (χ0v) is 16.6. The van der Waals surface area contributed by atoms with Crippen LogP contribution in [0.15, 0.2) is 77.7 Å². The van der Waals surface area contributed by atoms with Gasteiger partial charge in [-0.05, 0) is 22.9 Å². The molecule has 0 radical (unpaired) electrons. The molecular weight excluding hydrogens is 406 g/mol. The Morgan fingerprint density at radius 2 is 1.50 bits per heavy atom. The summed E-state index contributed by atoms with van der Waals surface area (Å²) >= 11 is 0. The van der Waals surface area contributed by atoms with E-state index in [0.29, 0.717) is 5.39 Å². The number of sulfonamides is 1. The molecule has 3 aromatic carbocycles. The third-order valence-corrected chi connectivity index (χ3v) is 5.85. The van der Waals surface area contributed by atoms with E-state index in [-0.39, 0.29) is 10.5 Å². The van der Waals surface area contributed by atoms with Crippen molar-refractivity contribution in [3.8, 4) is 0 Å². The first-order chi connectivity index (χ1) is 14.3. The second-order valence-electron chi connectivity index (χ2n) is 6.49. The number of rotatable bonds is 8. The highest BCUT2D eigenvalue weighted by Crippen LogP contribution is 2.19. The van der Waals surface area contributed by atoms with Gasteiger partial charge in [0.1, 0.15) is 6.04 Å². The van der Waals surface area contributed by atoms with E-state index in [1.165, 1.54) is 24.3 Å². The van der Waals surface area contributed by atoms with Crippen LogP contribution in [0.4, 0.5) is 0 Å². The van der Waals surface area contributed by atoms with Crippen LogP contribution in [0.25, 0.3) is 10.8 Å². The molecule has 0 heterocycles. The highest BCUT2D eigenvalue weighted by atomic mass is 32.2. The second kappa shape index (κ2) is 8.85. The van der Waals surface area contributed by atoms with Crippen molar-refractivity contribution in [1.82, 2.24) is 10.0 Å². The summed E-state index contributed by atoms with van der Waals surface area (Å²) in [4.78, 5) is 35.8. The lowest BCUT2D eigenvalue weighted by Gasteiger charge is -2.16. The molecule has 3 aromatic rings. The number of ketones is 1. The number of primary amides is 1. The first kappa shape index (κ1) is 21.2. The molecule has 0 aliphatic carbocycles. The van der Waals surface area contributed by atoms with Gasteiger partial charge in [0.25, 0.3) is 5.91 Å². The lowest BCUT2D eigenvalue weighted by atomic mass is 10.1. The average Bonchev–Trinajstić information content (AvgIpc) is 2.75. The number of carbonyl (C=O) groups is 3. The van der Waals surface area contributed by atoms with E-state index in [4.69, 9.17) is 5.73 Å². The predicted molar refractivity (Wildman–Crippen MR) is 111 cm³/mol. The van der Waals surface area contributed by atoms with Gasteiger partial charge < -0.3 is 11.1 Å². The molecule has 4 N–H and O–H groups in total. The SMILES string of the molecule is NC(=O)C(CNC(=O)C(=O)c1ccccc1)NS(=O)(=O)c1ccc2ccccc2c1. The first-order valence-electron chi connectivity index (χ1n) is 8.96. The standard InChI is InChI=1S/C21H19N3O5S/c22-20(26)18(13-23-21(27)19(25)15-7-2-1-3-8-15)24-30(28,29)17-11-10-14-6-4-5-9-16(14)12-17/h1-12,18,24H,13H2,(H2,22,26)(H,23,27). The van der Waals surface area contributed by atoms with Crippen molar-refractivity contribution in [3.63, 3.8) is 0 Å². The Balaban J connectivity index is 1.72. The molecule has 0 aliphatic rings. The summed E-state index contributed by atoms with van der Waals surface area (Å²) in [5.74, 6) is -2.78. The summed E-state index contributed by atoms with van der Waals surface area (Å²) in [6.07, 6.45) is 0. The monoisotopic (exact) mass is 425 g/mol. The maximum absolute atomic E-state index is 12.7. The summed E-state index contributed by atoms with van der Waals surface area (Å²) in [5.41, 5.74) is 5.45. The van der Waals surface area contributed by atoms with Gasteiger partial charge in [0.05, 0.1) is 4.90 Å². The lowest BCUT2D eigenvalue weighted by Crippen LogP contribution is -2.51. The van der Waals surface area contributed by atoms with E-state index in [9.17, 15) is 22.8 Å². The van der Waals surface area contributed by atoms with E-state index in [2.05, 4.69) is 10.0 Å². The van der Waals surface area contributed by atoms with Crippen molar-refractivity contribution in [1.29, 1.82) is 0 Å². The first-order valence-corrected chi connectivity index (χ1v) is 10.4. The molecule has 0 aliphatic heterocycles. The fourth-order valence-corrected chi connectivity index (χ4v) is 4.03. The van der Waals surface area contributed by atoms with Crippen LogP contribution in [0.5, 0.6) is 0 Å². The van der Waals surface area contributed by atoms with Gasteiger partial charge in [-0.25, -0.2) is 8.42 Å². The van der Waals surface area contributed by atoms with Gasteiger partial charge in [-0.15, -0.1) is 0 Å². The van der Waals surface area contributed by atoms with Gasteiger partial charge >= 0.3 is 0 Å². The highest BCUT2D eigenvalue weighted by molar-refractivity contribution is 7.89. The molecule has 2 amide bonds. The summed E-state index contributed by atoms with van der Waals surface area (Å²) in [5, 5.41) is 3.81. The average molecular weight is 425 g/mol. The Bertz CT molecular complexity index is 1210. The molecular formula is C21H19N3O5S. The van der Waals surface area contributed by atoms with Crippen LogP contribution >= 0.6 is 0 Å². The zero-order chi connectivity index (χ0) is 21.7. The number of fused-ring (bicyclic) bond motifs is 1. The van der Waals surface area contributed by atoms with E-state index >= 15 is 0 Å². The molecule has 3 rings (SSSR count). The number of Topliss-reactive ketones (excluding diaryl/α,β-unsaturated/α-hetero) is 1. The highest BCUT2D eigenvalue weighted by Gasteiger charge is 2.26. The number of nitrogens with one attached hydrogen (secondary N) is 2. The Kier molecular flexibility index (Phi) is 6.24. The normalized spacial score (nSPS) is 12.3. The van der Waals surface area contributed by atoms with Crippen LogP contribution in [0.1, 0.15) is 10.4 Å². The Morgan fingerprint density at radius 3 is 2.17 bits per heavy atom. The molecule has 0 saturated heterocycles. The van der Waals surface area contributed by atoms with Crippen molar-refractivity contribution in [3.05, 3.63) is 78.4 Å². The number of amides is 2. The van der Waals surface area contributed by atoms with Gasteiger partial charge in [0.15, 0.2) is 0 Å². The maximum Gasteiger partial charge on any atom is 0.292 e. The predicted octanol–water partition coefficient (Wildman–Crippen LogP) is 0.971. The summed E-state index contributed by atoms with van der Waals surface area (Å²) in [6.45, 7) is -0.473. The van der Waals surface area contributed by atoms with E-state index in [0.717, 1.165) is 5.39 Å². The fraction of sp³-hybridized carbons (Fsp3) is 0.0952. The van der Waals surface area contributed by atoms with Gasteiger partial charge in [-0.2, -0.15) is 4.72 Å². The van der Waals surface area contributed by atoms with Crippen LogP contribution in [0.2, 0.25) is 0 Å². The fourth-order valence-electron chi connectivity index (χ4n) is 2.79.